The number of carbonyl (C=O) groups excluding carboxylic acids is 1. The zero-order chi connectivity index (χ0) is 7.49. The summed E-state index contributed by atoms with van der Waals surface area (Å²) in [7, 11) is 0. The van der Waals surface area contributed by atoms with Gasteiger partial charge in [-0.2, -0.15) is 5.90 Å². The van der Waals surface area contributed by atoms with E-state index < -0.39 is 12.3 Å². The largest absolute Gasteiger partial charge is 0.373 e. The second kappa shape index (κ2) is 3.61. The predicted molar refractivity (Wildman–Crippen MR) is 25.2 cm³/mol. The van der Waals surface area contributed by atoms with E-state index in [1.54, 1.807) is 0 Å². The van der Waals surface area contributed by atoms with Gasteiger partial charge in [-0.3, -0.25) is 4.79 Å². The highest BCUT2D eigenvalue weighted by Crippen LogP contribution is 1.85. The highest BCUT2D eigenvalue weighted by atomic mass is 16.7. The lowest BCUT2D eigenvalue weighted by molar-refractivity contribution is -0.144. The van der Waals surface area contributed by atoms with E-state index in [0.29, 0.717) is 0 Å². The summed E-state index contributed by atoms with van der Waals surface area (Å²) in [6, 6.07) is 0. The smallest absolute Gasteiger partial charge is 0.324 e. The van der Waals surface area contributed by atoms with Crippen LogP contribution in [0.5, 0.6) is 0 Å². The molecule has 0 atom stereocenters. The summed E-state index contributed by atoms with van der Waals surface area (Å²) < 4.78 is 13.8. The van der Waals surface area contributed by atoms with Crippen molar-refractivity contribution in [3.8, 4) is 0 Å². The first-order valence-corrected chi connectivity index (χ1v) is 1.95. The number of carbonyl (C=O) groups is 1. The van der Waals surface area contributed by atoms with E-state index in [2.05, 4.69) is 10.7 Å². The molecule has 0 rings (SSSR count). The number of nitrogens with two attached hydrogens (primary N) is 1. The summed E-state index contributed by atoms with van der Waals surface area (Å²) in [6.07, 6.45) is -1.86. The van der Waals surface area contributed by atoms with Crippen LogP contribution in [0.1, 0.15) is 22.5 Å². The van der Waals surface area contributed by atoms with Gasteiger partial charge in [0.15, 0.2) is 0 Å². The van der Waals surface area contributed by atoms with E-state index in [-0.39, 0.29) is 6.42 Å². The minimum atomic E-state index is -1.94. The van der Waals surface area contributed by atoms with Crippen LogP contribution in [0.15, 0.2) is 0 Å². The fourth-order valence-electron chi connectivity index (χ4n) is 0.186. The molecule has 42 valence electrons. The summed E-state index contributed by atoms with van der Waals surface area (Å²) in [4.78, 5) is 14.0. The molecule has 0 aliphatic rings. The van der Waals surface area contributed by atoms with Gasteiger partial charge in [-0.15, -0.1) is 0 Å². The Morgan fingerprint density at radius 3 is 2.86 bits per heavy atom. The molecule has 0 amide bonds. The molecule has 3 nitrogen and oxygen atoms in total. The zero-order valence-corrected chi connectivity index (χ0v) is 4.10. The Balaban J connectivity index is 3.97. The number of rotatable bonds is 2. The molecule has 7 heavy (non-hydrogen) atoms. The van der Waals surface area contributed by atoms with Gasteiger partial charge in [0.1, 0.15) is 0 Å². The third kappa shape index (κ3) is 3.26. The molecule has 0 aromatic carbocycles. The normalized spacial score (nSPS) is 14.6. The molecule has 0 bridgehead atoms. The Kier molecular flexibility index (Phi) is 1.77. The molecule has 0 saturated heterocycles. The molecular formula is C4H9NO2. The Morgan fingerprint density at radius 1 is 2.14 bits per heavy atom. The monoisotopic (exact) mass is 105 g/mol. The summed E-state index contributed by atoms with van der Waals surface area (Å²) >= 11 is 0. The molecule has 3 heteroatoms. The molecule has 0 aliphatic heterocycles. The minimum Gasteiger partial charge on any atom is -0.373 e. The van der Waals surface area contributed by atoms with Crippen molar-refractivity contribution in [3.05, 3.63) is 0 Å². The third-order valence-electron chi connectivity index (χ3n) is 0.428. The molecule has 0 radical (unpaired) electrons. The lowest BCUT2D eigenvalue weighted by Crippen LogP contribution is -2.08. The topological polar surface area (TPSA) is 52.3 Å². The average molecular weight is 105 g/mol. The van der Waals surface area contributed by atoms with Crippen LogP contribution in [0.2, 0.25) is 0 Å². The summed E-state index contributed by atoms with van der Waals surface area (Å²) in [6.45, 7) is 1.54. The standard InChI is InChI=1S/C4H9NO2/c1-2-3-4(6)7-5/h2-3,5H2,1H3/i3D2. The maximum Gasteiger partial charge on any atom is 0.324 e. The van der Waals surface area contributed by atoms with E-state index in [4.69, 9.17) is 2.74 Å². The maximum atomic E-state index is 10.3. The van der Waals surface area contributed by atoms with Gasteiger partial charge in [0.25, 0.3) is 0 Å². The zero-order valence-electron chi connectivity index (χ0n) is 6.10. The quantitative estimate of drug-likeness (QED) is 0.510. The molecule has 0 unspecified atom stereocenters. The maximum absolute atomic E-state index is 10.3. The van der Waals surface area contributed by atoms with E-state index in [1.165, 1.54) is 6.92 Å². The first-order chi connectivity index (χ1) is 4.04. The SMILES string of the molecule is [2H]C([2H])(CC)C(=O)ON. The minimum absolute atomic E-state index is 0.0725. The van der Waals surface area contributed by atoms with Gasteiger partial charge in [0.05, 0.1) is 0 Å². The van der Waals surface area contributed by atoms with Crippen molar-refractivity contribution >= 4 is 5.97 Å². The van der Waals surface area contributed by atoms with Crippen LogP contribution in [0.25, 0.3) is 0 Å². The molecule has 0 aromatic heterocycles. The molecule has 0 saturated carbocycles. The second-order valence-electron chi connectivity index (χ2n) is 0.936. The summed E-state index contributed by atoms with van der Waals surface area (Å²) in [5.41, 5.74) is 0. The molecular weight excluding hydrogens is 94.0 g/mol. The lowest BCUT2D eigenvalue weighted by atomic mass is 10.3. The molecule has 0 fully saturated rings. The lowest BCUT2D eigenvalue weighted by Gasteiger charge is -1.89. The van der Waals surface area contributed by atoms with E-state index in [0.717, 1.165) is 0 Å². The second-order valence-corrected chi connectivity index (χ2v) is 0.936. The van der Waals surface area contributed by atoms with Crippen LogP contribution in [-0.4, -0.2) is 5.97 Å². The molecule has 0 heterocycles. The van der Waals surface area contributed by atoms with Gasteiger partial charge in [-0.1, -0.05) is 6.92 Å². The van der Waals surface area contributed by atoms with Crippen molar-refractivity contribution in [2.24, 2.45) is 5.90 Å². The van der Waals surface area contributed by atoms with Crippen LogP contribution in [0.4, 0.5) is 0 Å². The van der Waals surface area contributed by atoms with Crippen LogP contribution in [0, 0.1) is 0 Å². The van der Waals surface area contributed by atoms with Crippen molar-refractivity contribution in [1.29, 1.82) is 0 Å². The summed E-state index contributed by atoms with van der Waals surface area (Å²) in [5.74, 6) is 3.42. The van der Waals surface area contributed by atoms with Gasteiger partial charge < -0.3 is 4.84 Å². The van der Waals surface area contributed by atoms with Crippen molar-refractivity contribution in [3.63, 3.8) is 0 Å². The van der Waals surface area contributed by atoms with Gasteiger partial charge in [0, 0.05) is 9.11 Å². The molecule has 0 aliphatic carbocycles. The Labute approximate surface area is 45.2 Å². The van der Waals surface area contributed by atoms with Crippen LogP contribution < -0.4 is 5.90 Å². The predicted octanol–water partition coefficient (Wildman–Crippen LogP) is 0.203. The fraction of sp³-hybridized carbons (Fsp3) is 0.750. The van der Waals surface area contributed by atoms with E-state index in [9.17, 15) is 4.79 Å². The number of hydrogen-bond acceptors (Lipinski definition) is 3. The van der Waals surface area contributed by atoms with Crippen molar-refractivity contribution in [2.45, 2.75) is 19.7 Å². The summed E-state index contributed by atoms with van der Waals surface area (Å²) in [5, 5.41) is 0. The van der Waals surface area contributed by atoms with Crippen molar-refractivity contribution in [2.75, 3.05) is 0 Å². The van der Waals surface area contributed by atoms with Gasteiger partial charge in [-0.25, -0.2) is 0 Å². The van der Waals surface area contributed by atoms with Crippen LogP contribution in [0.3, 0.4) is 0 Å². The first-order valence-electron chi connectivity index (χ1n) is 2.95. The highest BCUT2D eigenvalue weighted by Gasteiger charge is 1.93. The van der Waals surface area contributed by atoms with Crippen molar-refractivity contribution < 1.29 is 12.4 Å². The van der Waals surface area contributed by atoms with Gasteiger partial charge in [-0.05, 0) is 6.42 Å². The Morgan fingerprint density at radius 2 is 2.71 bits per heavy atom. The third-order valence-corrected chi connectivity index (χ3v) is 0.428. The van der Waals surface area contributed by atoms with Gasteiger partial charge in [0.2, 0.25) is 0 Å². The molecule has 0 spiro atoms. The fourth-order valence-corrected chi connectivity index (χ4v) is 0.186. The first kappa shape index (κ1) is 3.43. The Hall–Kier alpha value is -0.570. The van der Waals surface area contributed by atoms with Crippen LogP contribution in [-0.2, 0) is 9.63 Å². The molecule has 2 N–H and O–H groups in total. The Bertz CT molecular complexity index is 115. The van der Waals surface area contributed by atoms with Crippen LogP contribution >= 0.6 is 0 Å². The van der Waals surface area contributed by atoms with E-state index in [1.807, 2.05) is 0 Å². The number of hydrogen-bond donors (Lipinski definition) is 1. The van der Waals surface area contributed by atoms with E-state index >= 15 is 0 Å². The van der Waals surface area contributed by atoms with Crippen molar-refractivity contribution in [1.82, 2.24) is 0 Å². The highest BCUT2D eigenvalue weighted by molar-refractivity contribution is 5.68. The molecule has 0 aromatic rings. The van der Waals surface area contributed by atoms with Gasteiger partial charge >= 0.3 is 5.97 Å². The average Bonchev–Trinajstić information content (AvgIpc) is 1.86.